The zero-order valence-electron chi connectivity index (χ0n) is 21.0. The van der Waals surface area contributed by atoms with Crippen molar-refractivity contribution in [2.45, 2.75) is 52.0 Å². The lowest BCUT2D eigenvalue weighted by Gasteiger charge is -2.26. The minimum Gasteiger partial charge on any atom is -0.494 e. The number of pyridine rings is 2. The first-order valence-corrected chi connectivity index (χ1v) is 12.6. The number of methoxy groups -OCH3 is 1. The van der Waals surface area contributed by atoms with Crippen molar-refractivity contribution in [1.82, 2.24) is 20.2 Å². The summed E-state index contributed by atoms with van der Waals surface area (Å²) in [7, 11) is 1.59. The molecule has 3 aromatic rings. The van der Waals surface area contributed by atoms with Crippen LogP contribution in [0.4, 0.5) is 0 Å². The molecule has 0 bridgehead atoms. The van der Waals surface area contributed by atoms with Gasteiger partial charge >= 0.3 is 0 Å². The number of fused-ring (bicyclic) bond motifs is 1. The Morgan fingerprint density at radius 2 is 1.91 bits per heavy atom. The number of piperidine rings is 1. The van der Waals surface area contributed by atoms with E-state index in [9.17, 15) is 4.79 Å². The van der Waals surface area contributed by atoms with Gasteiger partial charge in [0, 0.05) is 24.0 Å². The van der Waals surface area contributed by atoms with Crippen LogP contribution in [0.25, 0.3) is 22.3 Å². The van der Waals surface area contributed by atoms with Gasteiger partial charge in [-0.05, 0) is 82.1 Å². The molecule has 1 amide bonds. The molecule has 1 N–H and O–H groups in total. The summed E-state index contributed by atoms with van der Waals surface area (Å²) in [6.07, 6.45) is 5.20. The van der Waals surface area contributed by atoms with Gasteiger partial charge in [0.15, 0.2) is 0 Å². The predicted molar refractivity (Wildman–Crippen MR) is 139 cm³/mol. The lowest BCUT2D eigenvalue weighted by molar-refractivity contribution is -0.120. The van der Waals surface area contributed by atoms with Crippen LogP contribution in [0.15, 0.2) is 42.5 Å². The maximum absolute atomic E-state index is 12.6. The van der Waals surface area contributed by atoms with Crippen LogP contribution in [0, 0.1) is 0 Å². The SMILES string of the molecule is COc1cccc(-c2nc3ccc(OCCCN4CCCCC4)cc3cc2CC(=O)NC(C)C)n1. The number of hydrogen-bond donors (Lipinski definition) is 1. The number of carbonyl (C=O) groups excluding carboxylic acids is 1. The number of aromatic nitrogens is 2. The van der Waals surface area contributed by atoms with E-state index in [-0.39, 0.29) is 18.4 Å². The molecule has 0 radical (unpaired) electrons. The van der Waals surface area contributed by atoms with Gasteiger partial charge in [-0.2, -0.15) is 0 Å². The first-order chi connectivity index (χ1) is 17.0. The standard InChI is InChI=1S/C28H36N4O3/c1-20(2)29-26(33)19-22-17-21-18-23(35-16-8-15-32-13-5-4-6-14-32)11-12-24(21)31-28(22)25-9-7-10-27(30-25)34-3/h7,9-12,17-18,20H,4-6,8,13-16,19H2,1-3H3,(H,29,33). The fourth-order valence-electron chi connectivity index (χ4n) is 4.51. The Morgan fingerprint density at radius 3 is 2.69 bits per heavy atom. The largest absolute Gasteiger partial charge is 0.494 e. The van der Waals surface area contributed by atoms with Gasteiger partial charge in [-0.1, -0.05) is 12.5 Å². The third-order valence-electron chi connectivity index (χ3n) is 6.18. The number of nitrogens with one attached hydrogen (secondary N) is 1. The average Bonchev–Trinajstić information content (AvgIpc) is 2.86. The molecule has 186 valence electrons. The van der Waals surface area contributed by atoms with Gasteiger partial charge < -0.3 is 19.7 Å². The van der Waals surface area contributed by atoms with E-state index in [4.69, 9.17) is 14.5 Å². The molecule has 35 heavy (non-hydrogen) atoms. The number of benzene rings is 1. The van der Waals surface area contributed by atoms with E-state index in [1.165, 1.54) is 32.4 Å². The van der Waals surface area contributed by atoms with E-state index in [0.717, 1.165) is 35.2 Å². The van der Waals surface area contributed by atoms with E-state index in [1.54, 1.807) is 13.2 Å². The number of rotatable bonds is 10. The maximum atomic E-state index is 12.6. The lowest BCUT2D eigenvalue weighted by Crippen LogP contribution is -2.31. The Morgan fingerprint density at radius 1 is 1.09 bits per heavy atom. The molecule has 1 saturated heterocycles. The summed E-state index contributed by atoms with van der Waals surface area (Å²) in [5, 5.41) is 3.91. The number of amides is 1. The van der Waals surface area contributed by atoms with Crippen LogP contribution in [-0.4, -0.2) is 60.2 Å². The molecule has 3 heterocycles. The van der Waals surface area contributed by atoms with Crippen molar-refractivity contribution >= 4 is 16.8 Å². The zero-order chi connectivity index (χ0) is 24.6. The summed E-state index contributed by atoms with van der Waals surface area (Å²) in [4.78, 5) is 24.6. The lowest BCUT2D eigenvalue weighted by atomic mass is 10.0. The first-order valence-electron chi connectivity index (χ1n) is 12.6. The van der Waals surface area contributed by atoms with Gasteiger partial charge in [-0.25, -0.2) is 9.97 Å². The highest BCUT2D eigenvalue weighted by atomic mass is 16.5. The highest BCUT2D eigenvalue weighted by molar-refractivity contribution is 5.87. The maximum Gasteiger partial charge on any atom is 0.224 e. The molecule has 0 unspecified atom stereocenters. The van der Waals surface area contributed by atoms with Crippen molar-refractivity contribution in [2.24, 2.45) is 0 Å². The predicted octanol–water partition coefficient (Wildman–Crippen LogP) is 4.63. The Labute approximate surface area is 207 Å². The quantitative estimate of drug-likeness (QED) is 0.430. The molecule has 0 aliphatic carbocycles. The molecular formula is C28H36N4O3. The molecule has 1 aromatic carbocycles. The van der Waals surface area contributed by atoms with Gasteiger partial charge in [0.05, 0.1) is 37.0 Å². The normalized spacial score (nSPS) is 14.3. The third kappa shape index (κ3) is 6.92. The fourth-order valence-corrected chi connectivity index (χ4v) is 4.51. The number of hydrogen-bond acceptors (Lipinski definition) is 6. The second kappa shape index (κ2) is 12.0. The van der Waals surface area contributed by atoms with Crippen LogP contribution in [0.5, 0.6) is 11.6 Å². The molecule has 0 spiro atoms. The van der Waals surface area contributed by atoms with Gasteiger partial charge in [0.2, 0.25) is 11.8 Å². The minimum atomic E-state index is -0.0459. The summed E-state index contributed by atoms with van der Waals surface area (Å²) in [6, 6.07) is 13.6. The van der Waals surface area contributed by atoms with E-state index in [1.807, 2.05) is 50.2 Å². The monoisotopic (exact) mass is 476 g/mol. The van der Waals surface area contributed by atoms with Gasteiger partial charge in [0.1, 0.15) is 5.75 Å². The van der Waals surface area contributed by atoms with Crippen molar-refractivity contribution in [2.75, 3.05) is 33.4 Å². The molecule has 2 aromatic heterocycles. The summed E-state index contributed by atoms with van der Waals surface area (Å²) in [6.45, 7) is 8.09. The summed E-state index contributed by atoms with van der Waals surface area (Å²) >= 11 is 0. The third-order valence-corrected chi connectivity index (χ3v) is 6.18. The number of ether oxygens (including phenoxy) is 2. The topological polar surface area (TPSA) is 76.6 Å². The molecule has 1 aliphatic rings. The van der Waals surface area contributed by atoms with Crippen molar-refractivity contribution in [1.29, 1.82) is 0 Å². The van der Waals surface area contributed by atoms with Crippen LogP contribution in [0.2, 0.25) is 0 Å². The summed E-state index contributed by atoms with van der Waals surface area (Å²) in [5.41, 5.74) is 3.01. The van der Waals surface area contributed by atoms with E-state index in [2.05, 4.69) is 15.2 Å². The summed E-state index contributed by atoms with van der Waals surface area (Å²) < 4.78 is 11.4. The molecule has 7 heteroatoms. The van der Waals surface area contributed by atoms with Crippen molar-refractivity contribution in [3.63, 3.8) is 0 Å². The molecule has 1 fully saturated rings. The highest BCUT2D eigenvalue weighted by Crippen LogP contribution is 2.28. The number of carbonyl (C=O) groups is 1. The molecule has 1 aliphatic heterocycles. The second-order valence-corrected chi connectivity index (χ2v) is 9.42. The Kier molecular flexibility index (Phi) is 8.53. The zero-order valence-corrected chi connectivity index (χ0v) is 21.0. The van der Waals surface area contributed by atoms with Crippen molar-refractivity contribution in [3.05, 3.63) is 48.0 Å². The molecule has 0 saturated carbocycles. The second-order valence-electron chi connectivity index (χ2n) is 9.42. The van der Waals surface area contributed by atoms with Gasteiger partial charge in [-0.3, -0.25) is 4.79 Å². The molecule has 7 nitrogen and oxygen atoms in total. The molecule has 4 rings (SSSR count). The minimum absolute atomic E-state index is 0.0459. The van der Waals surface area contributed by atoms with Crippen molar-refractivity contribution in [3.8, 4) is 23.0 Å². The first kappa shape index (κ1) is 24.9. The van der Waals surface area contributed by atoms with E-state index < -0.39 is 0 Å². The number of nitrogens with zero attached hydrogens (tertiary/aromatic N) is 3. The van der Waals surface area contributed by atoms with Crippen LogP contribution in [0.1, 0.15) is 45.1 Å². The van der Waals surface area contributed by atoms with Gasteiger partial charge in [-0.15, -0.1) is 0 Å². The highest BCUT2D eigenvalue weighted by Gasteiger charge is 2.16. The molecule has 0 atom stereocenters. The van der Waals surface area contributed by atoms with E-state index in [0.29, 0.717) is 23.9 Å². The Balaban J connectivity index is 1.55. The smallest absolute Gasteiger partial charge is 0.224 e. The average molecular weight is 477 g/mol. The van der Waals surface area contributed by atoms with Crippen LogP contribution in [-0.2, 0) is 11.2 Å². The van der Waals surface area contributed by atoms with Crippen molar-refractivity contribution < 1.29 is 14.3 Å². The van der Waals surface area contributed by atoms with Gasteiger partial charge in [0.25, 0.3) is 0 Å². The summed E-state index contributed by atoms with van der Waals surface area (Å²) in [5.74, 6) is 1.29. The van der Waals surface area contributed by atoms with Crippen LogP contribution in [0.3, 0.4) is 0 Å². The number of likely N-dealkylation sites (tertiary alicyclic amines) is 1. The Hall–Kier alpha value is -3.19. The fraction of sp³-hybridized carbons (Fsp3) is 0.464. The van der Waals surface area contributed by atoms with E-state index >= 15 is 0 Å². The van der Waals surface area contributed by atoms with Crippen LogP contribution >= 0.6 is 0 Å². The van der Waals surface area contributed by atoms with Crippen LogP contribution < -0.4 is 14.8 Å². The molecular weight excluding hydrogens is 440 g/mol. The Bertz CT molecular complexity index is 1140.